The summed E-state index contributed by atoms with van der Waals surface area (Å²) in [6.45, 7) is 3.81. The first-order valence-corrected chi connectivity index (χ1v) is 10.7. The fraction of sp³-hybridized carbons (Fsp3) is 0.269. The minimum absolute atomic E-state index is 0.0196. The lowest BCUT2D eigenvalue weighted by molar-refractivity contribution is -0.286. The fourth-order valence-electron chi connectivity index (χ4n) is 4.41. The lowest BCUT2D eigenvalue weighted by Crippen LogP contribution is -2.26. The second-order valence-electron chi connectivity index (χ2n) is 8.62. The highest BCUT2D eigenvalue weighted by atomic mass is 19.3. The highest BCUT2D eigenvalue weighted by Crippen LogP contribution is 2.52. The molecule has 0 atom stereocenters. The van der Waals surface area contributed by atoms with E-state index in [1.165, 1.54) is 12.1 Å². The number of rotatable bonds is 6. The highest BCUT2D eigenvalue weighted by molar-refractivity contribution is 5.94. The first kappa shape index (κ1) is 21.2. The molecule has 7 heteroatoms. The van der Waals surface area contributed by atoms with Crippen molar-refractivity contribution in [2.24, 2.45) is 0 Å². The molecule has 0 N–H and O–H groups in total. The first-order chi connectivity index (χ1) is 15.7. The molecule has 1 saturated carbocycles. The molecular formula is C26H21F2NO4. The van der Waals surface area contributed by atoms with Crippen LogP contribution in [0.4, 0.5) is 8.78 Å². The largest absolute Gasteiger partial charge is 0.586 e. The summed E-state index contributed by atoms with van der Waals surface area (Å²) in [5.41, 5.74) is 4.50. The van der Waals surface area contributed by atoms with E-state index in [0.717, 1.165) is 28.7 Å². The molecule has 1 aliphatic carbocycles. The molecule has 0 unspecified atom stereocenters. The second kappa shape index (κ2) is 7.47. The second-order valence-corrected chi connectivity index (χ2v) is 8.62. The molecule has 2 heterocycles. The van der Waals surface area contributed by atoms with Crippen LogP contribution >= 0.6 is 0 Å². The van der Waals surface area contributed by atoms with E-state index < -0.39 is 11.7 Å². The third kappa shape index (κ3) is 3.67. The number of ether oxygens (including phenoxy) is 2. The normalized spacial score (nSPS) is 17.0. The Morgan fingerprint density at radius 3 is 2.55 bits per heavy atom. The number of carbonyl (C=O) groups excluding carboxylic acids is 2. The number of nitrogens with zero attached hydrogens (tertiary/aromatic N) is 1. The first-order valence-electron chi connectivity index (χ1n) is 10.7. The molecule has 1 fully saturated rings. The highest BCUT2D eigenvalue weighted by Gasteiger charge is 2.52. The minimum Gasteiger partial charge on any atom is -0.395 e. The van der Waals surface area contributed by atoms with Crippen molar-refractivity contribution in [3.05, 3.63) is 76.5 Å². The molecule has 168 valence electrons. The van der Waals surface area contributed by atoms with Crippen LogP contribution in [0, 0.1) is 13.8 Å². The van der Waals surface area contributed by atoms with Crippen LogP contribution in [-0.4, -0.2) is 23.3 Å². The van der Waals surface area contributed by atoms with E-state index in [4.69, 9.17) is 4.98 Å². The van der Waals surface area contributed by atoms with Gasteiger partial charge in [-0.15, -0.1) is 8.78 Å². The predicted octanol–water partition coefficient (Wildman–Crippen LogP) is 5.34. The fourth-order valence-corrected chi connectivity index (χ4v) is 4.41. The van der Waals surface area contributed by atoms with Crippen LogP contribution in [0.3, 0.4) is 0 Å². The Morgan fingerprint density at radius 1 is 1.06 bits per heavy atom. The number of fused-ring (bicyclic) bond motifs is 1. The quantitative estimate of drug-likeness (QED) is 0.475. The van der Waals surface area contributed by atoms with Crippen molar-refractivity contribution in [1.29, 1.82) is 0 Å². The van der Waals surface area contributed by atoms with Crippen LogP contribution in [0.5, 0.6) is 11.5 Å². The smallest absolute Gasteiger partial charge is 0.395 e. The van der Waals surface area contributed by atoms with Gasteiger partial charge in [0.25, 0.3) is 0 Å². The maximum absolute atomic E-state index is 13.4. The molecule has 5 rings (SSSR count). The molecule has 33 heavy (non-hydrogen) atoms. The zero-order valence-corrected chi connectivity index (χ0v) is 18.2. The van der Waals surface area contributed by atoms with Gasteiger partial charge >= 0.3 is 6.29 Å². The molecule has 0 saturated heterocycles. The third-order valence-electron chi connectivity index (χ3n) is 6.49. The number of aromatic nitrogens is 1. The van der Waals surface area contributed by atoms with E-state index in [1.807, 2.05) is 38.1 Å². The number of aryl methyl sites for hydroxylation is 1. The SMILES string of the molecule is Cc1ccc(CC(=O)C2(c3ccc4c(c3)OC(F)(F)O4)CC2)nc1-c1cccc(C=O)c1C. The summed E-state index contributed by atoms with van der Waals surface area (Å²) in [4.78, 5) is 29.4. The van der Waals surface area contributed by atoms with Gasteiger partial charge in [0, 0.05) is 23.2 Å². The van der Waals surface area contributed by atoms with Gasteiger partial charge in [-0.25, -0.2) is 0 Å². The van der Waals surface area contributed by atoms with E-state index >= 15 is 0 Å². The monoisotopic (exact) mass is 449 g/mol. The number of halogens is 2. The molecule has 1 aromatic heterocycles. The van der Waals surface area contributed by atoms with Crippen LogP contribution in [0.15, 0.2) is 48.5 Å². The van der Waals surface area contributed by atoms with Gasteiger partial charge in [-0.2, -0.15) is 0 Å². The third-order valence-corrected chi connectivity index (χ3v) is 6.49. The summed E-state index contributed by atoms with van der Waals surface area (Å²) in [7, 11) is 0. The molecule has 1 aliphatic heterocycles. The molecule has 2 aromatic carbocycles. The van der Waals surface area contributed by atoms with Crippen molar-refractivity contribution in [2.75, 3.05) is 0 Å². The van der Waals surface area contributed by atoms with Crippen molar-refractivity contribution >= 4 is 12.1 Å². The van der Waals surface area contributed by atoms with Gasteiger partial charge in [0.2, 0.25) is 0 Å². The predicted molar refractivity (Wildman–Crippen MR) is 117 cm³/mol. The maximum Gasteiger partial charge on any atom is 0.586 e. The lowest BCUT2D eigenvalue weighted by Gasteiger charge is -2.16. The number of carbonyl (C=O) groups is 2. The maximum atomic E-state index is 13.4. The molecular weight excluding hydrogens is 428 g/mol. The average Bonchev–Trinajstić information content (AvgIpc) is 3.52. The van der Waals surface area contributed by atoms with Crippen molar-refractivity contribution < 1.29 is 27.8 Å². The summed E-state index contributed by atoms with van der Waals surface area (Å²) in [6, 6.07) is 13.8. The number of Topliss-reactive ketones (excluding diaryl/α,β-unsaturated/α-hetero) is 1. The van der Waals surface area contributed by atoms with Crippen LogP contribution in [0.1, 0.15) is 45.6 Å². The van der Waals surface area contributed by atoms with Crippen molar-refractivity contribution in [3.8, 4) is 22.8 Å². The Balaban J connectivity index is 1.42. The summed E-state index contributed by atoms with van der Waals surface area (Å²) in [5, 5.41) is 0. The van der Waals surface area contributed by atoms with Crippen LogP contribution in [0.25, 0.3) is 11.3 Å². The molecule has 0 radical (unpaired) electrons. The van der Waals surface area contributed by atoms with Crippen molar-refractivity contribution in [2.45, 2.75) is 44.8 Å². The van der Waals surface area contributed by atoms with Gasteiger partial charge in [-0.1, -0.05) is 30.3 Å². The standard InChI is InChI=1S/C26H21F2NO4/c1-15-6-8-19(29-24(15)20-5-3-4-17(14-30)16(20)2)13-23(31)25(10-11-25)18-7-9-21-22(12-18)33-26(27,28)32-21/h3-9,12,14H,10-11,13H2,1-2H3. The average molecular weight is 449 g/mol. The topological polar surface area (TPSA) is 65.5 Å². The zero-order valence-electron chi connectivity index (χ0n) is 18.2. The van der Waals surface area contributed by atoms with E-state index in [2.05, 4.69) is 9.47 Å². The molecule has 0 amide bonds. The molecule has 2 aliphatic rings. The van der Waals surface area contributed by atoms with E-state index in [0.29, 0.717) is 29.7 Å². The number of ketones is 1. The van der Waals surface area contributed by atoms with E-state index in [-0.39, 0.29) is 23.7 Å². The zero-order chi connectivity index (χ0) is 23.4. The number of benzene rings is 2. The van der Waals surface area contributed by atoms with Gasteiger partial charge in [0.05, 0.1) is 11.1 Å². The Bertz CT molecular complexity index is 1300. The van der Waals surface area contributed by atoms with Crippen LogP contribution < -0.4 is 9.47 Å². The summed E-state index contributed by atoms with van der Waals surface area (Å²) < 4.78 is 35.8. The number of hydrogen-bond acceptors (Lipinski definition) is 5. The van der Waals surface area contributed by atoms with Gasteiger partial charge < -0.3 is 9.47 Å². The van der Waals surface area contributed by atoms with Crippen molar-refractivity contribution in [3.63, 3.8) is 0 Å². The Kier molecular flexibility index (Phi) is 4.81. The van der Waals surface area contributed by atoms with E-state index in [1.54, 1.807) is 12.1 Å². The number of alkyl halides is 2. The van der Waals surface area contributed by atoms with E-state index in [9.17, 15) is 18.4 Å². The molecule has 0 spiro atoms. The number of pyridine rings is 1. The number of aldehydes is 1. The number of hydrogen-bond donors (Lipinski definition) is 0. The van der Waals surface area contributed by atoms with Crippen LogP contribution in [-0.2, 0) is 16.6 Å². The van der Waals surface area contributed by atoms with Gasteiger partial charge in [0.1, 0.15) is 12.1 Å². The van der Waals surface area contributed by atoms with Gasteiger partial charge in [-0.05, 0) is 61.6 Å². The van der Waals surface area contributed by atoms with Gasteiger partial charge in [-0.3, -0.25) is 14.6 Å². The lowest BCUT2D eigenvalue weighted by atomic mass is 9.88. The van der Waals surface area contributed by atoms with Gasteiger partial charge in [0.15, 0.2) is 11.5 Å². The van der Waals surface area contributed by atoms with Crippen LogP contribution in [0.2, 0.25) is 0 Å². The summed E-state index contributed by atoms with van der Waals surface area (Å²) in [5.74, 6) is -0.114. The Labute approximate surface area is 189 Å². The molecule has 3 aromatic rings. The molecule has 0 bridgehead atoms. The Hall–Kier alpha value is -3.61. The van der Waals surface area contributed by atoms with Crippen molar-refractivity contribution in [1.82, 2.24) is 4.98 Å². The summed E-state index contributed by atoms with van der Waals surface area (Å²) >= 11 is 0. The summed E-state index contributed by atoms with van der Waals surface area (Å²) in [6.07, 6.45) is -1.48. The minimum atomic E-state index is -3.69. The molecule has 5 nitrogen and oxygen atoms in total. The Morgan fingerprint density at radius 2 is 1.82 bits per heavy atom.